The van der Waals surface area contributed by atoms with Crippen LogP contribution in [0.4, 0.5) is 4.39 Å². The molecule has 1 aliphatic rings. The first-order valence-electron chi connectivity index (χ1n) is 10.3. The fourth-order valence-electron chi connectivity index (χ4n) is 4.44. The normalized spacial score (nSPS) is 16.7. The average molecular weight is 402 g/mol. The molecule has 0 saturated heterocycles. The molecule has 0 spiro atoms. The molecule has 2 unspecified atom stereocenters. The van der Waals surface area contributed by atoms with Crippen LogP contribution in [-0.2, 0) is 4.79 Å². The molecule has 0 radical (unpaired) electrons. The Morgan fingerprint density at radius 2 is 1.61 bits per heavy atom. The average Bonchev–Trinajstić information content (AvgIpc) is 3.22. The van der Waals surface area contributed by atoms with Crippen molar-refractivity contribution in [2.75, 3.05) is 7.05 Å². The van der Waals surface area contributed by atoms with Crippen LogP contribution in [0.5, 0.6) is 0 Å². The Hall–Kier alpha value is -1.87. The van der Waals surface area contributed by atoms with Crippen molar-refractivity contribution in [1.82, 2.24) is 4.90 Å². The van der Waals surface area contributed by atoms with E-state index in [2.05, 4.69) is 6.92 Å². The maximum Gasteiger partial charge on any atom is 0.226 e. The number of amides is 1. The first-order chi connectivity index (χ1) is 13.5. The molecular weight excluding hydrogens is 373 g/mol. The van der Waals surface area contributed by atoms with Crippen LogP contribution in [0.3, 0.4) is 0 Å². The summed E-state index contributed by atoms with van der Waals surface area (Å²) in [4.78, 5) is 15.2. The van der Waals surface area contributed by atoms with E-state index in [9.17, 15) is 9.18 Å². The van der Waals surface area contributed by atoms with E-state index in [4.69, 9.17) is 11.6 Å². The lowest BCUT2D eigenvalue weighted by atomic mass is 9.89. The Labute approximate surface area is 172 Å². The molecule has 2 aromatic rings. The second-order valence-corrected chi connectivity index (χ2v) is 8.38. The van der Waals surface area contributed by atoms with Crippen molar-refractivity contribution in [3.8, 4) is 0 Å². The summed E-state index contributed by atoms with van der Waals surface area (Å²) in [6.45, 7) is 2.10. The Morgan fingerprint density at radius 1 is 1.07 bits per heavy atom. The lowest BCUT2D eigenvalue weighted by molar-refractivity contribution is -0.136. The Bertz CT molecular complexity index is 723. The summed E-state index contributed by atoms with van der Waals surface area (Å²) in [5.74, 6) is 0.587. The largest absolute Gasteiger partial charge is 0.334 e. The molecule has 1 fully saturated rings. The van der Waals surface area contributed by atoms with Crippen LogP contribution in [0.15, 0.2) is 48.5 Å². The van der Waals surface area contributed by atoms with E-state index in [0.29, 0.717) is 10.9 Å². The Morgan fingerprint density at radius 3 is 2.14 bits per heavy atom. The van der Waals surface area contributed by atoms with Gasteiger partial charge in [-0.05, 0) is 54.2 Å². The summed E-state index contributed by atoms with van der Waals surface area (Å²) in [7, 11) is 1.86. The van der Waals surface area contributed by atoms with Crippen LogP contribution in [0, 0.1) is 17.7 Å². The quantitative estimate of drug-likeness (QED) is 0.509. The van der Waals surface area contributed by atoms with Gasteiger partial charge in [0.05, 0.1) is 6.04 Å². The third kappa shape index (κ3) is 4.94. The summed E-state index contributed by atoms with van der Waals surface area (Å²) in [6.07, 6.45) is 6.87. The third-order valence-corrected chi connectivity index (χ3v) is 6.29. The van der Waals surface area contributed by atoms with Crippen molar-refractivity contribution >= 4 is 17.5 Å². The van der Waals surface area contributed by atoms with Crippen LogP contribution < -0.4 is 0 Å². The van der Waals surface area contributed by atoms with Gasteiger partial charge in [0.2, 0.25) is 5.91 Å². The summed E-state index contributed by atoms with van der Waals surface area (Å²) in [5.41, 5.74) is 1.87. The molecule has 0 aliphatic heterocycles. The van der Waals surface area contributed by atoms with Gasteiger partial charge >= 0.3 is 0 Å². The van der Waals surface area contributed by atoms with Gasteiger partial charge in [0.25, 0.3) is 0 Å². The van der Waals surface area contributed by atoms with Crippen molar-refractivity contribution in [1.29, 1.82) is 0 Å². The predicted octanol–water partition coefficient (Wildman–Crippen LogP) is 6.63. The van der Waals surface area contributed by atoms with Crippen LogP contribution in [0.2, 0.25) is 5.02 Å². The molecule has 1 aliphatic carbocycles. The first kappa shape index (κ1) is 20.9. The van der Waals surface area contributed by atoms with E-state index in [1.807, 2.05) is 36.2 Å². The van der Waals surface area contributed by atoms with E-state index in [-0.39, 0.29) is 23.7 Å². The molecule has 0 aromatic heterocycles. The second-order valence-electron chi connectivity index (χ2n) is 7.95. The smallest absolute Gasteiger partial charge is 0.226 e. The second kappa shape index (κ2) is 9.56. The molecule has 0 heterocycles. The van der Waals surface area contributed by atoms with Gasteiger partial charge in [-0.25, -0.2) is 4.39 Å². The highest BCUT2D eigenvalue weighted by molar-refractivity contribution is 6.30. The van der Waals surface area contributed by atoms with Crippen LogP contribution >= 0.6 is 11.6 Å². The van der Waals surface area contributed by atoms with Gasteiger partial charge in [-0.2, -0.15) is 0 Å². The van der Waals surface area contributed by atoms with Crippen molar-refractivity contribution in [2.24, 2.45) is 11.8 Å². The summed E-state index contributed by atoms with van der Waals surface area (Å²) in [5, 5.41) is 0.656. The molecule has 0 N–H and O–H groups in total. The van der Waals surface area contributed by atoms with Crippen LogP contribution in [0.1, 0.15) is 62.6 Å². The maximum absolute atomic E-state index is 13.5. The highest BCUT2D eigenvalue weighted by Gasteiger charge is 2.30. The third-order valence-electron chi connectivity index (χ3n) is 6.04. The summed E-state index contributed by atoms with van der Waals surface area (Å²) < 4.78 is 13.5. The zero-order valence-electron chi connectivity index (χ0n) is 16.7. The number of carbonyl (C=O) groups is 1. The van der Waals surface area contributed by atoms with Crippen LogP contribution in [-0.4, -0.2) is 17.9 Å². The molecule has 3 rings (SSSR count). The molecule has 4 heteroatoms. The number of nitrogens with zero attached hydrogens (tertiary/aromatic N) is 1. The van der Waals surface area contributed by atoms with Crippen molar-refractivity contribution in [3.63, 3.8) is 0 Å². The summed E-state index contributed by atoms with van der Waals surface area (Å²) in [6, 6.07) is 13.7. The van der Waals surface area contributed by atoms with Gasteiger partial charge < -0.3 is 4.90 Å². The van der Waals surface area contributed by atoms with Crippen molar-refractivity contribution in [3.05, 3.63) is 70.5 Å². The van der Waals surface area contributed by atoms with Crippen molar-refractivity contribution < 1.29 is 9.18 Å². The lowest BCUT2D eigenvalue weighted by Crippen LogP contribution is -2.37. The van der Waals surface area contributed by atoms with Crippen molar-refractivity contribution in [2.45, 2.75) is 51.5 Å². The van der Waals surface area contributed by atoms with Gasteiger partial charge in [-0.15, -0.1) is 0 Å². The number of carbonyl (C=O) groups excluding carboxylic acids is 1. The van der Waals surface area contributed by atoms with E-state index in [1.54, 1.807) is 12.1 Å². The topological polar surface area (TPSA) is 20.3 Å². The lowest BCUT2D eigenvalue weighted by Gasteiger charge is -2.33. The Kier molecular flexibility index (Phi) is 7.12. The standard InChI is InChI=1S/C24H29ClFNO/c1-3-18(16-17-6-4-5-7-17)24(28)27(2)23(19-8-12-21(25)13-9-19)20-10-14-22(26)15-11-20/h8-15,17-18,23H,3-7,16H2,1-2H3. The molecule has 2 atom stereocenters. The minimum absolute atomic E-state index is 0.0309. The van der Waals surface area contributed by atoms with E-state index in [0.717, 1.165) is 24.0 Å². The molecule has 2 aromatic carbocycles. The molecule has 150 valence electrons. The van der Waals surface area contributed by atoms with Gasteiger partial charge in [0.15, 0.2) is 0 Å². The molecule has 28 heavy (non-hydrogen) atoms. The zero-order valence-corrected chi connectivity index (χ0v) is 17.5. The summed E-state index contributed by atoms with van der Waals surface area (Å²) >= 11 is 6.06. The number of hydrogen-bond donors (Lipinski definition) is 0. The molecule has 1 amide bonds. The number of halogens is 2. The van der Waals surface area contributed by atoms with E-state index in [1.165, 1.54) is 37.8 Å². The maximum atomic E-state index is 13.5. The van der Waals surface area contributed by atoms with Crippen LogP contribution in [0.25, 0.3) is 0 Å². The minimum Gasteiger partial charge on any atom is -0.334 e. The first-order valence-corrected chi connectivity index (χ1v) is 10.6. The minimum atomic E-state index is -0.278. The highest BCUT2D eigenvalue weighted by Crippen LogP contribution is 2.35. The van der Waals surface area contributed by atoms with Gasteiger partial charge in [0, 0.05) is 18.0 Å². The fourth-order valence-corrected chi connectivity index (χ4v) is 4.56. The van der Waals surface area contributed by atoms with E-state index >= 15 is 0 Å². The predicted molar refractivity (Wildman–Crippen MR) is 113 cm³/mol. The van der Waals surface area contributed by atoms with Gasteiger partial charge in [-0.3, -0.25) is 4.79 Å². The number of rotatable bonds is 7. The Balaban J connectivity index is 1.88. The highest BCUT2D eigenvalue weighted by atomic mass is 35.5. The number of benzene rings is 2. The molecule has 2 nitrogen and oxygen atoms in total. The van der Waals surface area contributed by atoms with E-state index < -0.39 is 0 Å². The number of hydrogen-bond acceptors (Lipinski definition) is 1. The zero-order chi connectivity index (χ0) is 20.1. The molecule has 0 bridgehead atoms. The fraction of sp³-hybridized carbons (Fsp3) is 0.458. The molecular formula is C24H29ClFNO. The van der Waals surface area contributed by atoms with Gasteiger partial charge in [0.1, 0.15) is 5.82 Å². The van der Waals surface area contributed by atoms with Gasteiger partial charge in [-0.1, -0.05) is 68.5 Å². The SMILES string of the molecule is CCC(CC1CCCC1)C(=O)N(C)C(c1ccc(F)cc1)c1ccc(Cl)cc1. The monoisotopic (exact) mass is 401 g/mol. The molecule has 1 saturated carbocycles.